The molecule has 1 amide bonds. The molecule has 0 saturated carbocycles. The molecule has 0 bridgehead atoms. The van der Waals surface area contributed by atoms with Crippen LogP contribution >= 0.6 is 11.6 Å². The molecule has 0 radical (unpaired) electrons. The Labute approximate surface area is 159 Å². The second kappa shape index (κ2) is 8.97. The van der Waals surface area contributed by atoms with Crippen LogP contribution in [0.1, 0.15) is 35.2 Å². The predicted octanol–water partition coefficient (Wildman–Crippen LogP) is 3.69. The van der Waals surface area contributed by atoms with E-state index in [9.17, 15) is 9.59 Å². The van der Waals surface area contributed by atoms with Gasteiger partial charge < -0.3 is 5.32 Å². The number of amides is 1. The van der Waals surface area contributed by atoms with Crippen LogP contribution in [-0.2, 0) is 11.3 Å². The molecule has 2 aromatic rings. The van der Waals surface area contributed by atoms with Crippen LogP contribution in [0.15, 0.2) is 54.6 Å². The number of carbonyl (C=O) groups is 2. The highest BCUT2D eigenvalue weighted by atomic mass is 35.5. The summed E-state index contributed by atoms with van der Waals surface area (Å²) in [7, 11) is 0. The van der Waals surface area contributed by atoms with Crippen molar-refractivity contribution in [2.24, 2.45) is 0 Å². The fraction of sp³-hybridized carbons (Fsp3) is 0.333. The third-order valence-electron chi connectivity index (χ3n) is 4.63. The number of Topliss-reactive ketones (excluding diaryl/α,β-unsaturated/α-hetero) is 1. The molecule has 4 nitrogen and oxygen atoms in total. The van der Waals surface area contributed by atoms with Crippen LogP contribution in [-0.4, -0.2) is 35.7 Å². The fourth-order valence-corrected chi connectivity index (χ4v) is 3.37. The van der Waals surface area contributed by atoms with Crippen LogP contribution in [0.3, 0.4) is 0 Å². The zero-order valence-corrected chi connectivity index (χ0v) is 15.4. The third-order valence-corrected chi connectivity index (χ3v) is 4.88. The Kier molecular flexibility index (Phi) is 6.42. The lowest BCUT2D eigenvalue weighted by molar-refractivity contribution is -0.121. The second-order valence-corrected chi connectivity index (χ2v) is 7.14. The quantitative estimate of drug-likeness (QED) is 0.756. The highest BCUT2D eigenvalue weighted by Gasteiger charge is 2.23. The van der Waals surface area contributed by atoms with Gasteiger partial charge in [0.15, 0.2) is 5.78 Å². The monoisotopic (exact) mass is 370 g/mol. The number of rotatable bonds is 7. The van der Waals surface area contributed by atoms with Gasteiger partial charge in [-0.15, -0.1) is 0 Å². The summed E-state index contributed by atoms with van der Waals surface area (Å²) in [6.45, 7) is 2.73. The number of nitrogens with zero attached hydrogens (tertiary/aromatic N) is 1. The number of benzene rings is 2. The molecule has 136 valence electrons. The van der Waals surface area contributed by atoms with Gasteiger partial charge in [0.1, 0.15) is 0 Å². The Morgan fingerprint density at radius 2 is 1.77 bits per heavy atom. The summed E-state index contributed by atoms with van der Waals surface area (Å²) in [5.74, 6) is -0.0900. The highest BCUT2D eigenvalue weighted by Crippen LogP contribution is 2.15. The Morgan fingerprint density at radius 1 is 1.04 bits per heavy atom. The van der Waals surface area contributed by atoms with Crippen molar-refractivity contribution in [2.45, 2.75) is 31.8 Å². The van der Waals surface area contributed by atoms with Crippen LogP contribution in [0.5, 0.6) is 0 Å². The minimum absolute atomic E-state index is 0.0334. The first-order valence-electron chi connectivity index (χ1n) is 8.94. The van der Waals surface area contributed by atoms with Crippen LogP contribution < -0.4 is 5.32 Å². The molecule has 1 unspecified atom stereocenters. The molecule has 0 aromatic heterocycles. The van der Waals surface area contributed by atoms with E-state index in [4.69, 9.17) is 11.6 Å². The number of carbonyl (C=O) groups excluding carboxylic acids is 2. The van der Waals surface area contributed by atoms with Gasteiger partial charge in [-0.25, -0.2) is 0 Å². The molecule has 0 spiro atoms. The van der Waals surface area contributed by atoms with E-state index in [1.165, 1.54) is 5.56 Å². The third kappa shape index (κ3) is 5.41. The Balaban J connectivity index is 1.40. The maximum absolute atomic E-state index is 12.2. The van der Waals surface area contributed by atoms with Crippen molar-refractivity contribution in [3.63, 3.8) is 0 Å². The minimum Gasteiger partial charge on any atom is -0.352 e. The van der Waals surface area contributed by atoms with Gasteiger partial charge in [-0.2, -0.15) is 0 Å². The molecule has 1 aliphatic heterocycles. The van der Waals surface area contributed by atoms with Gasteiger partial charge in [0.05, 0.1) is 0 Å². The molecule has 1 N–H and O–H groups in total. The lowest BCUT2D eigenvalue weighted by Crippen LogP contribution is -2.37. The van der Waals surface area contributed by atoms with Gasteiger partial charge in [0.25, 0.3) is 0 Å². The molecule has 0 aliphatic carbocycles. The standard InChI is InChI=1S/C21H23ClN2O2/c22-18-8-6-17(7-9-18)20(25)10-11-21(26)23-19-12-13-24(15-19)14-16-4-2-1-3-5-16/h1-9,19H,10-15H2,(H,23,26). The first kappa shape index (κ1) is 18.6. The number of halogens is 1. The van der Waals surface area contributed by atoms with Gasteiger partial charge in [-0.1, -0.05) is 41.9 Å². The lowest BCUT2D eigenvalue weighted by Gasteiger charge is -2.16. The Morgan fingerprint density at radius 3 is 2.50 bits per heavy atom. The SMILES string of the molecule is O=C(CCC(=O)c1ccc(Cl)cc1)NC1CCN(Cc2ccccc2)C1. The molecule has 1 aliphatic rings. The average molecular weight is 371 g/mol. The van der Waals surface area contributed by atoms with Crippen molar-refractivity contribution < 1.29 is 9.59 Å². The minimum atomic E-state index is -0.0566. The lowest BCUT2D eigenvalue weighted by atomic mass is 10.1. The van der Waals surface area contributed by atoms with E-state index in [1.54, 1.807) is 24.3 Å². The molecule has 26 heavy (non-hydrogen) atoms. The molecule has 1 saturated heterocycles. The van der Waals surface area contributed by atoms with E-state index >= 15 is 0 Å². The molecule has 1 heterocycles. The van der Waals surface area contributed by atoms with Crippen molar-refractivity contribution in [3.05, 3.63) is 70.7 Å². The molecule has 1 fully saturated rings. The first-order chi connectivity index (χ1) is 12.6. The fourth-order valence-electron chi connectivity index (χ4n) is 3.24. The van der Waals surface area contributed by atoms with Crippen molar-refractivity contribution in [1.29, 1.82) is 0 Å². The molecule has 2 aromatic carbocycles. The molecule has 5 heteroatoms. The topological polar surface area (TPSA) is 49.4 Å². The summed E-state index contributed by atoms with van der Waals surface area (Å²) < 4.78 is 0. The summed E-state index contributed by atoms with van der Waals surface area (Å²) >= 11 is 5.82. The van der Waals surface area contributed by atoms with Crippen LogP contribution in [0.2, 0.25) is 5.02 Å². The van der Waals surface area contributed by atoms with Crippen molar-refractivity contribution in [1.82, 2.24) is 10.2 Å². The Hall–Kier alpha value is -2.17. The summed E-state index contributed by atoms with van der Waals surface area (Å²) in [4.78, 5) is 26.6. The molecular formula is C21H23ClN2O2. The smallest absolute Gasteiger partial charge is 0.220 e. The molecular weight excluding hydrogens is 348 g/mol. The number of likely N-dealkylation sites (tertiary alicyclic amines) is 1. The zero-order chi connectivity index (χ0) is 18.4. The Bertz CT molecular complexity index is 746. The van der Waals surface area contributed by atoms with E-state index in [0.29, 0.717) is 10.6 Å². The number of hydrogen-bond acceptors (Lipinski definition) is 3. The molecule has 1 atom stereocenters. The first-order valence-corrected chi connectivity index (χ1v) is 9.32. The van der Waals surface area contributed by atoms with Crippen molar-refractivity contribution in [2.75, 3.05) is 13.1 Å². The second-order valence-electron chi connectivity index (χ2n) is 6.70. The largest absolute Gasteiger partial charge is 0.352 e. The van der Waals surface area contributed by atoms with Crippen LogP contribution in [0.25, 0.3) is 0 Å². The maximum Gasteiger partial charge on any atom is 0.220 e. The number of ketones is 1. The summed E-state index contributed by atoms with van der Waals surface area (Å²) in [5.41, 5.74) is 1.88. The van der Waals surface area contributed by atoms with Crippen molar-refractivity contribution in [3.8, 4) is 0 Å². The zero-order valence-electron chi connectivity index (χ0n) is 14.7. The number of hydrogen-bond donors (Lipinski definition) is 1. The van der Waals surface area contributed by atoms with E-state index in [0.717, 1.165) is 26.1 Å². The van der Waals surface area contributed by atoms with Gasteiger partial charge in [0.2, 0.25) is 5.91 Å². The summed E-state index contributed by atoms with van der Waals surface area (Å²) in [5, 5.41) is 3.65. The van der Waals surface area contributed by atoms with Gasteiger partial charge in [-0.05, 0) is 36.2 Å². The van der Waals surface area contributed by atoms with E-state index < -0.39 is 0 Å². The normalized spacial score (nSPS) is 17.2. The van der Waals surface area contributed by atoms with E-state index in [1.807, 2.05) is 18.2 Å². The maximum atomic E-state index is 12.2. The average Bonchev–Trinajstić information content (AvgIpc) is 3.08. The van der Waals surface area contributed by atoms with E-state index in [2.05, 4.69) is 22.3 Å². The highest BCUT2D eigenvalue weighted by molar-refractivity contribution is 6.30. The van der Waals surface area contributed by atoms with E-state index in [-0.39, 0.29) is 30.6 Å². The van der Waals surface area contributed by atoms with Crippen LogP contribution in [0.4, 0.5) is 0 Å². The summed E-state index contributed by atoms with van der Waals surface area (Å²) in [6.07, 6.45) is 1.38. The molecule has 3 rings (SSSR count). The predicted molar refractivity (Wildman–Crippen MR) is 103 cm³/mol. The number of nitrogens with one attached hydrogen (secondary N) is 1. The van der Waals surface area contributed by atoms with Crippen molar-refractivity contribution >= 4 is 23.3 Å². The van der Waals surface area contributed by atoms with Gasteiger partial charge in [0, 0.05) is 49.1 Å². The van der Waals surface area contributed by atoms with Gasteiger partial charge in [-0.3, -0.25) is 14.5 Å². The van der Waals surface area contributed by atoms with Gasteiger partial charge >= 0.3 is 0 Å². The van der Waals surface area contributed by atoms with Crippen LogP contribution in [0, 0.1) is 0 Å². The summed E-state index contributed by atoms with van der Waals surface area (Å²) in [6, 6.07) is 17.3.